The third-order valence-electron chi connectivity index (χ3n) is 5.66. The van der Waals surface area contributed by atoms with E-state index in [0.29, 0.717) is 18.7 Å². The van der Waals surface area contributed by atoms with Crippen LogP contribution in [0.3, 0.4) is 0 Å². The topological polar surface area (TPSA) is 59.4 Å². The van der Waals surface area contributed by atoms with E-state index < -0.39 is 0 Å². The molecule has 0 radical (unpaired) electrons. The van der Waals surface area contributed by atoms with Crippen LogP contribution in [0.2, 0.25) is 0 Å². The molecule has 0 aliphatic carbocycles. The maximum absolute atomic E-state index is 12.9. The van der Waals surface area contributed by atoms with Crippen molar-refractivity contribution >= 4 is 5.91 Å². The summed E-state index contributed by atoms with van der Waals surface area (Å²) in [5.74, 6) is -0.0522. The molecule has 6 heteroatoms. The van der Waals surface area contributed by atoms with Gasteiger partial charge in [-0.3, -0.25) is 14.4 Å². The van der Waals surface area contributed by atoms with E-state index in [2.05, 4.69) is 62.1 Å². The first kappa shape index (κ1) is 21.5. The molecule has 0 bridgehead atoms. The summed E-state index contributed by atoms with van der Waals surface area (Å²) >= 11 is 0. The van der Waals surface area contributed by atoms with E-state index in [-0.39, 0.29) is 23.7 Å². The molecule has 1 aliphatic heterocycles. The Kier molecular flexibility index (Phi) is 6.75. The van der Waals surface area contributed by atoms with Crippen LogP contribution in [0.25, 0.3) is 0 Å². The smallest absolute Gasteiger partial charge is 0.254 e. The van der Waals surface area contributed by atoms with Crippen LogP contribution in [0.4, 0.5) is 0 Å². The number of carbonyl (C=O) groups is 1. The largest absolute Gasteiger partial charge is 0.373 e. The van der Waals surface area contributed by atoms with Crippen molar-refractivity contribution in [3.8, 4) is 0 Å². The number of rotatable bonds is 7. The normalized spacial score (nSPS) is 20.6. The average Bonchev–Trinajstić information content (AvgIpc) is 3.09. The van der Waals surface area contributed by atoms with Crippen molar-refractivity contribution in [2.24, 2.45) is 0 Å². The molecule has 2 atom stereocenters. The van der Waals surface area contributed by atoms with Crippen LogP contribution in [-0.2, 0) is 17.7 Å². The minimum Gasteiger partial charge on any atom is -0.373 e. The fourth-order valence-electron chi connectivity index (χ4n) is 4.04. The predicted octanol–water partition coefficient (Wildman–Crippen LogP) is 3.11. The number of hydrogen-bond donors (Lipinski definition) is 1. The molecule has 2 heterocycles. The van der Waals surface area contributed by atoms with Crippen LogP contribution in [0.1, 0.15) is 56.2 Å². The highest BCUT2D eigenvalue weighted by Crippen LogP contribution is 2.21. The van der Waals surface area contributed by atoms with Crippen molar-refractivity contribution < 1.29 is 9.53 Å². The van der Waals surface area contributed by atoms with Crippen LogP contribution >= 0.6 is 0 Å². The number of benzene rings is 1. The van der Waals surface area contributed by atoms with Crippen molar-refractivity contribution in [2.75, 3.05) is 19.6 Å². The highest BCUT2D eigenvalue weighted by atomic mass is 16.5. The Hall–Kier alpha value is -2.18. The molecule has 158 valence electrons. The van der Waals surface area contributed by atoms with Crippen molar-refractivity contribution in [2.45, 2.75) is 65.3 Å². The fourth-order valence-corrected chi connectivity index (χ4v) is 4.04. The quantitative estimate of drug-likeness (QED) is 0.779. The number of ether oxygens (including phenoxy) is 1. The van der Waals surface area contributed by atoms with Crippen LogP contribution in [-0.4, -0.2) is 58.0 Å². The van der Waals surface area contributed by atoms with E-state index in [1.807, 2.05) is 22.9 Å². The summed E-state index contributed by atoms with van der Waals surface area (Å²) in [6.07, 6.45) is 2.87. The van der Waals surface area contributed by atoms with Crippen LogP contribution in [0.15, 0.2) is 36.5 Å². The minimum absolute atomic E-state index is 0.0522. The molecule has 1 N–H and O–H groups in total. The number of morpholine rings is 1. The Morgan fingerprint density at radius 2 is 1.86 bits per heavy atom. The second kappa shape index (κ2) is 9.09. The summed E-state index contributed by atoms with van der Waals surface area (Å²) in [6.45, 7) is 13.6. The van der Waals surface area contributed by atoms with Gasteiger partial charge in [0.2, 0.25) is 0 Å². The van der Waals surface area contributed by atoms with Gasteiger partial charge in [0.05, 0.1) is 36.2 Å². The Labute approximate surface area is 174 Å². The summed E-state index contributed by atoms with van der Waals surface area (Å²) in [7, 11) is 0. The van der Waals surface area contributed by atoms with E-state index in [0.717, 1.165) is 25.2 Å². The van der Waals surface area contributed by atoms with Gasteiger partial charge < -0.3 is 10.1 Å². The maximum atomic E-state index is 12.9. The van der Waals surface area contributed by atoms with Gasteiger partial charge >= 0.3 is 0 Å². The van der Waals surface area contributed by atoms with Crippen molar-refractivity contribution in [1.82, 2.24) is 20.0 Å². The Balaban J connectivity index is 1.66. The zero-order valence-corrected chi connectivity index (χ0v) is 18.3. The highest BCUT2D eigenvalue weighted by Gasteiger charge is 2.33. The lowest BCUT2D eigenvalue weighted by atomic mass is 10.00. The van der Waals surface area contributed by atoms with E-state index >= 15 is 0 Å². The van der Waals surface area contributed by atoms with Gasteiger partial charge in [0.25, 0.3) is 5.91 Å². The lowest BCUT2D eigenvalue weighted by molar-refractivity contribution is -0.0948. The molecular weight excluding hydrogens is 364 g/mol. The second-order valence-corrected chi connectivity index (χ2v) is 8.66. The van der Waals surface area contributed by atoms with Crippen molar-refractivity contribution in [3.63, 3.8) is 0 Å². The molecule has 2 aromatic rings. The standard InChI is InChI=1S/C23H34N4O2/c1-6-21-20(12-25-27(21)15-19-10-8-7-9-11-19)22(28)24-16-23(4,5)26-13-17(2)29-18(3)14-26/h7-12,17-18H,6,13-16H2,1-5H3,(H,24,28). The van der Waals surface area contributed by atoms with Gasteiger partial charge in [-0.15, -0.1) is 0 Å². The molecule has 3 rings (SSSR count). The lowest BCUT2D eigenvalue weighted by Crippen LogP contribution is -2.58. The van der Waals surface area contributed by atoms with Crippen LogP contribution in [0.5, 0.6) is 0 Å². The average molecular weight is 399 g/mol. The molecule has 6 nitrogen and oxygen atoms in total. The van der Waals surface area contributed by atoms with E-state index in [1.54, 1.807) is 6.20 Å². The molecule has 1 saturated heterocycles. The maximum Gasteiger partial charge on any atom is 0.254 e. The molecule has 1 aliphatic rings. The zero-order valence-electron chi connectivity index (χ0n) is 18.3. The Morgan fingerprint density at radius 3 is 2.48 bits per heavy atom. The van der Waals surface area contributed by atoms with E-state index in [9.17, 15) is 4.79 Å². The Bertz CT molecular complexity index is 806. The number of hydrogen-bond acceptors (Lipinski definition) is 4. The zero-order chi connectivity index (χ0) is 21.0. The number of carbonyl (C=O) groups excluding carboxylic acids is 1. The summed E-state index contributed by atoms with van der Waals surface area (Å²) in [6, 6.07) is 10.2. The first-order valence-corrected chi connectivity index (χ1v) is 10.6. The van der Waals surface area contributed by atoms with Gasteiger partial charge in [0, 0.05) is 25.2 Å². The number of amides is 1. The third kappa shape index (κ3) is 5.25. The second-order valence-electron chi connectivity index (χ2n) is 8.66. The summed E-state index contributed by atoms with van der Waals surface area (Å²) in [5.41, 5.74) is 2.67. The summed E-state index contributed by atoms with van der Waals surface area (Å²) in [5, 5.41) is 7.63. The van der Waals surface area contributed by atoms with Gasteiger partial charge in [-0.25, -0.2) is 0 Å². The van der Waals surface area contributed by atoms with Crippen molar-refractivity contribution in [3.05, 3.63) is 53.3 Å². The lowest BCUT2D eigenvalue weighted by Gasteiger charge is -2.45. The Morgan fingerprint density at radius 1 is 1.21 bits per heavy atom. The summed E-state index contributed by atoms with van der Waals surface area (Å²) < 4.78 is 7.78. The molecule has 1 fully saturated rings. The summed E-state index contributed by atoms with van der Waals surface area (Å²) in [4.78, 5) is 15.3. The van der Waals surface area contributed by atoms with Gasteiger partial charge in [-0.1, -0.05) is 37.3 Å². The molecule has 2 unspecified atom stereocenters. The van der Waals surface area contributed by atoms with Gasteiger partial charge in [0.1, 0.15) is 0 Å². The molecule has 1 aromatic carbocycles. The molecule has 1 amide bonds. The van der Waals surface area contributed by atoms with Crippen LogP contribution < -0.4 is 5.32 Å². The van der Waals surface area contributed by atoms with E-state index in [1.165, 1.54) is 5.56 Å². The minimum atomic E-state index is -0.144. The molecule has 0 spiro atoms. The molecule has 1 aromatic heterocycles. The first-order valence-electron chi connectivity index (χ1n) is 10.6. The van der Waals surface area contributed by atoms with Gasteiger partial charge in [-0.2, -0.15) is 5.10 Å². The predicted molar refractivity (Wildman–Crippen MR) is 115 cm³/mol. The van der Waals surface area contributed by atoms with Gasteiger partial charge in [-0.05, 0) is 39.7 Å². The SMILES string of the molecule is CCc1c(C(=O)NCC(C)(C)N2CC(C)OC(C)C2)cnn1Cc1ccccc1. The molecular formula is C23H34N4O2. The molecule has 0 saturated carbocycles. The molecule has 29 heavy (non-hydrogen) atoms. The number of nitrogens with one attached hydrogen (secondary N) is 1. The fraction of sp³-hybridized carbons (Fsp3) is 0.565. The number of nitrogens with zero attached hydrogens (tertiary/aromatic N) is 3. The van der Waals surface area contributed by atoms with Crippen molar-refractivity contribution in [1.29, 1.82) is 0 Å². The van der Waals surface area contributed by atoms with Crippen LogP contribution in [0, 0.1) is 0 Å². The highest BCUT2D eigenvalue weighted by molar-refractivity contribution is 5.95. The monoisotopic (exact) mass is 398 g/mol. The van der Waals surface area contributed by atoms with E-state index in [4.69, 9.17) is 4.74 Å². The van der Waals surface area contributed by atoms with Gasteiger partial charge in [0.15, 0.2) is 0 Å². The number of aromatic nitrogens is 2. The third-order valence-corrected chi connectivity index (χ3v) is 5.66. The first-order chi connectivity index (χ1) is 13.8.